The molecule has 66 heavy (non-hydrogen) atoms. The van der Waals surface area contributed by atoms with Gasteiger partial charge in [0, 0.05) is 6.42 Å². The van der Waals surface area contributed by atoms with Gasteiger partial charge in [0.05, 0.1) is 39.9 Å². The number of amides is 1. The number of quaternary nitrogens is 1. The number of likely N-dealkylation sites (N-methyl/N-ethyl adjacent to an activating group) is 1. The molecule has 0 aliphatic carbocycles. The van der Waals surface area contributed by atoms with E-state index in [1.54, 1.807) is 6.08 Å². The van der Waals surface area contributed by atoms with E-state index >= 15 is 0 Å². The monoisotopic (exact) mass is 955 g/mol. The van der Waals surface area contributed by atoms with Crippen LogP contribution in [0, 0.1) is 0 Å². The third-order valence-electron chi connectivity index (χ3n) is 13.5. The number of carbonyl (C=O) groups is 1. The lowest BCUT2D eigenvalue weighted by molar-refractivity contribution is -0.870. The van der Waals surface area contributed by atoms with Gasteiger partial charge in [-0.2, -0.15) is 0 Å². The van der Waals surface area contributed by atoms with Crippen molar-refractivity contribution in [2.24, 2.45) is 0 Å². The minimum atomic E-state index is -4.57. The predicted octanol–water partition coefficient (Wildman–Crippen LogP) is 16.8. The van der Waals surface area contributed by atoms with Crippen molar-refractivity contribution in [1.29, 1.82) is 0 Å². The van der Waals surface area contributed by atoms with E-state index in [4.69, 9.17) is 9.05 Å². The zero-order valence-corrected chi connectivity index (χ0v) is 45.8. The first-order chi connectivity index (χ1) is 32.0. The first kappa shape index (κ1) is 65.2. The number of phosphoric acid groups is 1. The van der Waals surface area contributed by atoms with Gasteiger partial charge in [0.1, 0.15) is 13.2 Å². The Morgan fingerprint density at radius 2 is 0.818 bits per heavy atom. The summed E-state index contributed by atoms with van der Waals surface area (Å²) < 4.78 is 23.1. The predicted molar refractivity (Wildman–Crippen MR) is 284 cm³/mol. The standard InChI is InChI=1S/C57H115N2O6P/c1-6-8-10-12-13-14-15-16-17-18-19-20-21-22-23-24-25-26-27-28-29-30-31-32-33-34-35-36-37-38-39-40-41-42-43-44-45-47-49-51-57(61)58-55(56(60)50-48-46-11-9-7-2)54-65-66(62,63)64-53-52-59(3,4)5/h48,50,55-56,60H,6-47,49,51-54H2,1-5H3,(H-,58,61,62,63)/b50-48+. The van der Waals surface area contributed by atoms with Gasteiger partial charge in [-0.15, -0.1) is 0 Å². The van der Waals surface area contributed by atoms with Gasteiger partial charge in [0.15, 0.2) is 0 Å². The highest BCUT2D eigenvalue weighted by molar-refractivity contribution is 7.45. The molecule has 2 N–H and O–H groups in total. The maximum absolute atomic E-state index is 12.8. The molecule has 0 aliphatic heterocycles. The average molecular weight is 956 g/mol. The molecule has 0 heterocycles. The largest absolute Gasteiger partial charge is 0.756 e. The molecule has 0 radical (unpaired) electrons. The molecule has 3 atom stereocenters. The highest BCUT2D eigenvalue weighted by Gasteiger charge is 2.23. The quantitative estimate of drug-likeness (QED) is 0.0272. The number of phosphoric ester groups is 1. The molecule has 1 amide bonds. The van der Waals surface area contributed by atoms with E-state index in [2.05, 4.69) is 19.2 Å². The van der Waals surface area contributed by atoms with E-state index in [0.29, 0.717) is 17.4 Å². The highest BCUT2D eigenvalue weighted by atomic mass is 31.2. The lowest BCUT2D eigenvalue weighted by Crippen LogP contribution is -2.45. The van der Waals surface area contributed by atoms with Crippen LogP contribution in [0.4, 0.5) is 0 Å². The van der Waals surface area contributed by atoms with E-state index in [1.165, 1.54) is 231 Å². The Morgan fingerprint density at radius 1 is 0.515 bits per heavy atom. The lowest BCUT2D eigenvalue weighted by atomic mass is 10.0. The average Bonchev–Trinajstić information content (AvgIpc) is 3.27. The number of hydrogen-bond acceptors (Lipinski definition) is 6. The summed E-state index contributed by atoms with van der Waals surface area (Å²) in [5, 5.41) is 13.6. The van der Waals surface area contributed by atoms with Crippen molar-refractivity contribution in [3.8, 4) is 0 Å². The fourth-order valence-electron chi connectivity index (χ4n) is 8.92. The van der Waals surface area contributed by atoms with Crippen LogP contribution >= 0.6 is 7.82 Å². The number of carbonyl (C=O) groups excluding carboxylic acids is 1. The summed E-state index contributed by atoms with van der Waals surface area (Å²) >= 11 is 0. The molecular weight excluding hydrogens is 840 g/mol. The lowest BCUT2D eigenvalue weighted by Gasteiger charge is -2.29. The summed E-state index contributed by atoms with van der Waals surface area (Å²) in [6, 6.07) is -0.878. The Balaban J connectivity index is 3.62. The molecule has 0 fully saturated rings. The number of allylic oxidation sites excluding steroid dienone is 1. The van der Waals surface area contributed by atoms with Crippen molar-refractivity contribution in [2.75, 3.05) is 40.9 Å². The summed E-state index contributed by atoms with van der Waals surface area (Å²) in [4.78, 5) is 25.2. The second kappa shape index (κ2) is 49.2. The van der Waals surface area contributed by atoms with Crippen LogP contribution in [0.1, 0.15) is 296 Å². The van der Waals surface area contributed by atoms with Crippen molar-refractivity contribution < 1.29 is 32.9 Å². The molecule has 3 unspecified atom stereocenters. The summed E-state index contributed by atoms with van der Waals surface area (Å²) in [5.41, 5.74) is 0. The van der Waals surface area contributed by atoms with Crippen molar-refractivity contribution in [2.45, 2.75) is 309 Å². The van der Waals surface area contributed by atoms with Crippen LogP contribution in [0.25, 0.3) is 0 Å². The van der Waals surface area contributed by atoms with Gasteiger partial charge < -0.3 is 28.8 Å². The normalized spacial score (nSPS) is 14.0. The molecule has 9 heteroatoms. The fourth-order valence-corrected chi connectivity index (χ4v) is 9.64. The van der Waals surface area contributed by atoms with E-state index in [-0.39, 0.29) is 19.1 Å². The van der Waals surface area contributed by atoms with Gasteiger partial charge in [-0.05, 0) is 19.3 Å². The SMILES string of the molecule is CCCCC/C=C/C(O)C(COP(=O)([O-])OCC[N+](C)(C)C)NC(=O)CCCCCCCCCCCCCCCCCCCCCCCCCCCCCCCCCCCCCCCCC. The number of aliphatic hydroxyl groups is 1. The van der Waals surface area contributed by atoms with Crippen LogP contribution in [0.3, 0.4) is 0 Å². The summed E-state index contributed by atoms with van der Waals surface area (Å²) in [6.45, 7) is 4.56. The summed E-state index contributed by atoms with van der Waals surface area (Å²) in [5.74, 6) is -0.199. The molecule has 0 aliphatic rings. The van der Waals surface area contributed by atoms with Crippen LogP contribution in [-0.4, -0.2) is 68.5 Å². The Hall–Kier alpha value is -0.760. The summed E-state index contributed by atoms with van der Waals surface area (Å²) in [6.07, 6.45) is 61.1. The van der Waals surface area contributed by atoms with E-state index in [9.17, 15) is 19.4 Å². The van der Waals surface area contributed by atoms with Crippen molar-refractivity contribution in [1.82, 2.24) is 5.32 Å². The zero-order chi connectivity index (χ0) is 48.5. The second-order valence-corrected chi connectivity index (χ2v) is 22.8. The molecular formula is C57H115N2O6P. The first-order valence-electron chi connectivity index (χ1n) is 29.1. The van der Waals surface area contributed by atoms with E-state index in [0.717, 1.165) is 44.9 Å². The van der Waals surface area contributed by atoms with Gasteiger partial charge in [-0.3, -0.25) is 9.36 Å². The number of unbranched alkanes of at least 4 members (excludes halogenated alkanes) is 41. The van der Waals surface area contributed by atoms with Crippen molar-refractivity contribution in [3.63, 3.8) is 0 Å². The number of rotatable bonds is 54. The van der Waals surface area contributed by atoms with Crippen LogP contribution in [0.2, 0.25) is 0 Å². The molecule has 0 rings (SSSR count). The van der Waals surface area contributed by atoms with Crippen LogP contribution in [0.5, 0.6) is 0 Å². The number of hydrogen-bond donors (Lipinski definition) is 2. The minimum Gasteiger partial charge on any atom is -0.756 e. The smallest absolute Gasteiger partial charge is 0.268 e. The van der Waals surface area contributed by atoms with Crippen molar-refractivity contribution >= 4 is 13.7 Å². The third-order valence-corrected chi connectivity index (χ3v) is 14.5. The maximum Gasteiger partial charge on any atom is 0.268 e. The number of aliphatic hydroxyl groups excluding tert-OH is 1. The molecule has 394 valence electrons. The first-order valence-corrected chi connectivity index (χ1v) is 30.5. The van der Waals surface area contributed by atoms with Gasteiger partial charge >= 0.3 is 0 Å². The highest BCUT2D eigenvalue weighted by Crippen LogP contribution is 2.38. The molecule has 0 aromatic heterocycles. The zero-order valence-electron chi connectivity index (χ0n) is 44.9. The van der Waals surface area contributed by atoms with Gasteiger partial charge in [-0.25, -0.2) is 0 Å². The second-order valence-electron chi connectivity index (χ2n) is 21.4. The molecule has 0 saturated carbocycles. The Bertz CT molecular complexity index is 1080. The minimum absolute atomic E-state index is 0.000971. The van der Waals surface area contributed by atoms with E-state index in [1.807, 2.05) is 27.2 Å². The number of nitrogens with one attached hydrogen (secondary N) is 1. The summed E-state index contributed by atoms with van der Waals surface area (Å²) in [7, 11) is 1.27. The van der Waals surface area contributed by atoms with Gasteiger partial charge in [-0.1, -0.05) is 283 Å². The Morgan fingerprint density at radius 3 is 1.14 bits per heavy atom. The molecule has 0 saturated heterocycles. The van der Waals surface area contributed by atoms with Gasteiger partial charge in [0.25, 0.3) is 7.82 Å². The Kier molecular flexibility index (Phi) is 48.7. The molecule has 0 aromatic rings. The topological polar surface area (TPSA) is 108 Å². The van der Waals surface area contributed by atoms with Crippen LogP contribution in [0.15, 0.2) is 12.2 Å². The molecule has 0 bridgehead atoms. The van der Waals surface area contributed by atoms with Gasteiger partial charge in [0.2, 0.25) is 5.91 Å². The Labute approximate surface area is 412 Å². The van der Waals surface area contributed by atoms with E-state index < -0.39 is 20.0 Å². The third kappa shape index (κ3) is 51.1. The maximum atomic E-state index is 12.8. The molecule has 0 aromatic carbocycles. The fraction of sp³-hybridized carbons (Fsp3) is 0.947. The number of nitrogens with zero attached hydrogens (tertiary/aromatic N) is 1. The van der Waals surface area contributed by atoms with Crippen LogP contribution in [-0.2, 0) is 18.4 Å². The molecule has 0 spiro atoms. The van der Waals surface area contributed by atoms with Crippen molar-refractivity contribution in [3.05, 3.63) is 12.2 Å². The van der Waals surface area contributed by atoms with Crippen LogP contribution < -0.4 is 10.2 Å². The molecule has 8 nitrogen and oxygen atoms in total.